The average molecular weight is 541 g/mol. The lowest BCUT2D eigenvalue weighted by Gasteiger charge is -2.25. The third-order valence-electron chi connectivity index (χ3n) is 6.62. The quantitative estimate of drug-likeness (QED) is 0.262. The topological polar surface area (TPSA) is 149 Å². The van der Waals surface area contributed by atoms with E-state index in [0.717, 1.165) is 6.42 Å². The van der Waals surface area contributed by atoms with Crippen molar-refractivity contribution in [3.05, 3.63) is 72.3 Å². The molecule has 1 saturated heterocycles. The fraction of sp³-hybridized carbons (Fsp3) is 0.276. The van der Waals surface area contributed by atoms with Crippen molar-refractivity contribution in [3.8, 4) is 28.8 Å². The molecular formula is C29H29FN8O2. The number of nitrogens with two attached hydrogens (primary N) is 2. The van der Waals surface area contributed by atoms with Crippen LogP contribution in [0.25, 0.3) is 22.3 Å². The number of aromatic nitrogens is 4. The maximum Gasteiger partial charge on any atom is 0.264 e. The number of halogens is 1. The Kier molecular flexibility index (Phi) is 7.19. The highest BCUT2D eigenvalue weighted by atomic mass is 19.1. The summed E-state index contributed by atoms with van der Waals surface area (Å²) in [5.74, 6) is 0.155. The van der Waals surface area contributed by atoms with Crippen LogP contribution in [0.4, 0.5) is 10.2 Å². The molecule has 1 aliphatic heterocycles. The van der Waals surface area contributed by atoms with Crippen LogP contribution in [0.5, 0.6) is 11.5 Å². The van der Waals surface area contributed by atoms with E-state index in [9.17, 15) is 10.1 Å². The van der Waals surface area contributed by atoms with E-state index in [0.29, 0.717) is 35.5 Å². The monoisotopic (exact) mass is 540 g/mol. The zero-order chi connectivity index (χ0) is 28.4. The van der Waals surface area contributed by atoms with Crippen LogP contribution in [0.2, 0.25) is 0 Å². The third-order valence-corrected chi connectivity index (χ3v) is 6.62. The summed E-state index contributed by atoms with van der Waals surface area (Å²) in [6, 6.07) is 15.3. The molecule has 3 heterocycles. The van der Waals surface area contributed by atoms with Crippen molar-refractivity contribution in [2.75, 3.05) is 12.3 Å². The Morgan fingerprint density at radius 3 is 2.70 bits per heavy atom. The van der Waals surface area contributed by atoms with Crippen LogP contribution in [0.3, 0.4) is 0 Å². The van der Waals surface area contributed by atoms with Gasteiger partial charge in [0.05, 0.1) is 18.0 Å². The first-order valence-corrected chi connectivity index (χ1v) is 12.9. The van der Waals surface area contributed by atoms with E-state index in [-0.39, 0.29) is 41.1 Å². The standard InChI is InChI=1S/C29H29FN8O2/c1-29(2,33)14-18(15-31)28(39)37-12-6-7-19(37)16-38-27-24(26(32)34-17-35-27)25(36-38)22-11-10-21(13-23(22)30)40-20-8-4-3-5-9-20/h3-5,8-11,13-14,17,19H,6-7,12,16,33H2,1-2H3,(H2,32,34,35)/b18-14+. The van der Waals surface area contributed by atoms with Crippen molar-refractivity contribution < 1.29 is 13.9 Å². The molecule has 1 atom stereocenters. The van der Waals surface area contributed by atoms with Gasteiger partial charge in [0.15, 0.2) is 5.65 Å². The van der Waals surface area contributed by atoms with Crippen molar-refractivity contribution in [2.45, 2.75) is 44.8 Å². The largest absolute Gasteiger partial charge is 0.457 e. The predicted molar refractivity (Wildman–Crippen MR) is 148 cm³/mol. The fourth-order valence-corrected chi connectivity index (χ4v) is 4.88. The molecule has 0 radical (unpaired) electrons. The van der Waals surface area contributed by atoms with E-state index >= 15 is 4.39 Å². The molecule has 0 aliphatic carbocycles. The molecule has 1 unspecified atom stereocenters. The van der Waals surface area contributed by atoms with Gasteiger partial charge in [0, 0.05) is 23.7 Å². The Morgan fingerprint density at radius 1 is 1.23 bits per heavy atom. The SMILES string of the molecule is CC(C)(N)/C=C(\C#N)C(=O)N1CCCC1Cn1nc(-c2ccc(Oc3ccccc3)cc2F)c2c(N)ncnc21. The first kappa shape index (κ1) is 26.8. The highest BCUT2D eigenvalue weighted by Crippen LogP contribution is 2.35. The number of para-hydroxylation sites is 1. The van der Waals surface area contributed by atoms with Crippen LogP contribution in [-0.2, 0) is 11.3 Å². The minimum Gasteiger partial charge on any atom is -0.457 e. The Hall–Kier alpha value is -4.82. The van der Waals surface area contributed by atoms with E-state index in [2.05, 4.69) is 9.97 Å². The maximum absolute atomic E-state index is 15.4. The molecule has 40 heavy (non-hydrogen) atoms. The first-order chi connectivity index (χ1) is 19.1. The number of nitriles is 1. The predicted octanol–water partition coefficient (Wildman–Crippen LogP) is 4.19. The summed E-state index contributed by atoms with van der Waals surface area (Å²) in [4.78, 5) is 23.4. The molecule has 5 rings (SSSR count). The highest BCUT2D eigenvalue weighted by Gasteiger charge is 2.33. The molecule has 4 aromatic rings. The van der Waals surface area contributed by atoms with Gasteiger partial charge in [-0.25, -0.2) is 19.0 Å². The van der Waals surface area contributed by atoms with Crippen molar-refractivity contribution in [1.29, 1.82) is 5.26 Å². The normalized spacial score (nSPS) is 15.8. The maximum atomic E-state index is 15.4. The van der Waals surface area contributed by atoms with Crippen molar-refractivity contribution in [1.82, 2.24) is 24.6 Å². The van der Waals surface area contributed by atoms with Crippen molar-refractivity contribution in [2.24, 2.45) is 5.73 Å². The minimum atomic E-state index is -0.816. The summed E-state index contributed by atoms with van der Waals surface area (Å²) in [5.41, 5.74) is 12.3. The highest BCUT2D eigenvalue weighted by molar-refractivity contribution is 5.99. The number of amides is 1. The Bertz CT molecular complexity index is 1640. The number of hydrogen-bond donors (Lipinski definition) is 2. The smallest absolute Gasteiger partial charge is 0.264 e. The van der Waals surface area contributed by atoms with Gasteiger partial charge in [-0.1, -0.05) is 18.2 Å². The lowest BCUT2D eigenvalue weighted by molar-refractivity contribution is -0.127. The second-order valence-electron chi connectivity index (χ2n) is 10.3. The van der Waals surface area contributed by atoms with E-state index in [1.54, 1.807) is 47.7 Å². The second-order valence-corrected chi connectivity index (χ2v) is 10.3. The summed E-state index contributed by atoms with van der Waals surface area (Å²) in [5, 5.41) is 14.7. The van der Waals surface area contributed by atoms with Gasteiger partial charge in [-0.15, -0.1) is 0 Å². The lowest BCUT2D eigenvalue weighted by atomic mass is 10.0. The van der Waals surface area contributed by atoms with E-state index in [4.69, 9.17) is 21.3 Å². The second kappa shape index (κ2) is 10.7. The molecule has 1 amide bonds. The van der Waals surface area contributed by atoms with Crippen LogP contribution in [0.15, 0.2) is 66.5 Å². The number of likely N-dealkylation sites (tertiary alicyclic amines) is 1. The van der Waals surface area contributed by atoms with Crippen LogP contribution >= 0.6 is 0 Å². The zero-order valence-electron chi connectivity index (χ0n) is 22.2. The summed E-state index contributed by atoms with van der Waals surface area (Å²) >= 11 is 0. The number of rotatable bonds is 7. The molecule has 10 nitrogen and oxygen atoms in total. The fourth-order valence-electron chi connectivity index (χ4n) is 4.88. The number of carbonyl (C=O) groups excluding carboxylic acids is 1. The van der Waals surface area contributed by atoms with Gasteiger partial charge in [0.25, 0.3) is 5.91 Å². The molecule has 1 fully saturated rings. The molecule has 0 bridgehead atoms. The van der Waals surface area contributed by atoms with Gasteiger partial charge in [0.2, 0.25) is 0 Å². The first-order valence-electron chi connectivity index (χ1n) is 12.9. The molecular weight excluding hydrogens is 511 g/mol. The third kappa shape index (κ3) is 5.48. The van der Waals surface area contributed by atoms with Gasteiger partial charge < -0.3 is 21.1 Å². The molecule has 0 saturated carbocycles. The lowest BCUT2D eigenvalue weighted by Crippen LogP contribution is -2.40. The molecule has 11 heteroatoms. The number of fused-ring (bicyclic) bond motifs is 1. The van der Waals surface area contributed by atoms with E-state index in [1.807, 2.05) is 24.3 Å². The Balaban J connectivity index is 1.48. The Labute approximate surface area is 230 Å². The minimum absolute atomic E-state index is 0.00290. The summed E-state index contributed by atoms with van der Waals surface area (Å²) in [6.45, 7) is 4.22. The number of anilines is 1. The van der Waals surface area contributed by atoms with Gasteiger partial charge >= 0.3 is 0 Å². The van der Waals surface area contributed by atoms with Crippen LogP contribution < -0.4 is 16.2 Å². The van der Waals surface area contributed by atoms with Gasteiger partial charge in [-0.05, 0) is 57.0 Å². The number of carbonyl (C=O) groups is 1. The van der Waals surface area contributed by atoms with Crippen LogP contribution in [0, 0.1) is 17.1 Å². The van der Waals surface area contributed by atoms with E-state index < -0.39 is 11.4 Å². The molecule has 2 aromatic carbocycles. The summed E-state index contributed by atoms with van der Waals surface area (Å²) < 4.78 is 22.8. The zero-order valence-corrected chi connectivity index (χ0v) is 22.2. The Morgan fingerprint density at radius 2 is 2.00 bits per heavy atom. The van der Waals surface area contributed by atoms with Crippen LogP contribution in [0.1, 0.15) is 26.7 Å². The summed E-state index contributed by atoms with van der Waals surface area (Å²) in [7, 11) is 0. The molecule has 4 N–H and O–H groups in total. The van der Waals surface area contributed by atoms with Crippen molar-refractivity contribution in [3.63, 3.8) is 0 Å². The molecule has 0 spiro atoms. The van der Waals surface area contributed by atoms with Gasteiger partial charge in [0.1, 0.15) is 46.8 Å². The molecule has 2 aromatic heterocycles. The van der Waals surface area contributed by atoms with E-state index in [1.165, 1.54) is 18.5 Å². The summed E-state index contributed by atoms with van der Waals surface area (Å²) in [6.07, 6.45) is 4.27. The van der Waals surface area contributed by atoms with Crippen LogP contribution in [-0.4, -0.2) is 48.7 Å². The molecule has 1 aliphatic rings. The van der Waals surface area contributed by atoms with Crippen molar-refractivity contribution >= 4 is 22.8 Å². The number of nitrogens with zero attached hydrogens (tertiary/aromatic N) is 6. The number of ether oxygens (including phenoxy) is 1. The number of benzene rings is 2. The molecule has 204 valence electrons. The number of hydrogen-bond acceptors (Lipinski definition) is 8. The number of nitrogen functional groups attached to an aromatic ring is 1. The average Bonchev–Trinajstić information content (AvgIpc) is 3.53. The van der Waals surface area contributed by atoms with Gasteiger partial charge in [-0.2, -0.15) is 10.4 Å². The van der Waals surface area contributed by atoms with Gasteiger partial charge in [-0.3, -0.25) is 4.79 Å².